The summed E-state index contributed by atoms with van der Waals surface area (Å²) in [5, 5.41) is 0.439. The van der Waals surface area contributed by atoms with Crippen molar-refractivity contribution >= 4 is 27.5 Å². The van der Waals surface area contributed by atoms with Gasteiger partial charge in [0.05, 0.1) is 5.39 Å². The molecule has 4 rings (SSSR count). The number of carbonyl (C=O) groups excluding carboxylic acids is 1. The summed E-state index contributed by atoms with van der Waals surface area (Å²) in [6.07, 6.45) is 0. The van der Waals surface area contributed by atoms with Gasteiger partial charge in [-0.2, -0.15) is 0 Å². The number of hydrogen-bond donors (Lipinski definition) is 1. The first-order valence-electron chi connectivity index (χ1n) is 8.85. The number of esters is 1. The molecular formula is C22H18N2O3S. The minimum absolute atomic E-state index is 0.186. The fourth-order valence-corrected chi connectivity index (χ4v) is 4.17. The Balaban J connectivity index is 1.70. The predicted octanol–water partition coefficient (Wildman–Crippen LogP) is 4.63. The molecule has 4 aromatic rings. The molecule has 0 aliphatic rings. The number of thiophene rings is 1. The van der Waals surface area contributed by atoms with Crippen molar-refractivity contribution in [2.75, 3.05) is 0 Å². The highest BCUT2D eigenvalue weighted by Gasteiger charge is 2.21. The Kier molecular flexibility index (Phi) is 4.79. The Hall–Kier alpha value is -3.25. The van der Waals surface area contributed by atoms with Crippen LogP contribution < -0.4 is 5.56 Å². The lowest BCUT2D eigenvalue weighted by Crippen LogP contribution is -2.10. The van der Waals surface area contributed by atoms with E-state index in [0.29, 0.717) is 26.5 Å². The van der Waals surface area contributed by atoms with E-state index in [2.05, 4.69) is 9.97 Å². The Morgan fingerprint density at radius 2 is 1.79 bits per heavy atom. The Morgan fingerprint density at radius 1 is 1.07 bits per heavy atom. The number of carbonyl (C=O) groups is 1. The van der Waals surface area contributed by atoms with Crippen LogP contribution in [0.15, 0.2) is 59.4 Å². The van der Waals surface area contributed by atoms with Crippen LogP contribution in [0.3, 0.4) is 0 Å². The van der Waals surface area contributed by atoms with E-state index in [1.807, 2.05) is 61.5 Å². The van der Waals surface area contributed by atoms with E-state index in [0.717, 1.165) is 16.7 Å². The molecule has 6 heteroatoms. The highest BCUT2D eigenvalue weighted by molar-refractivity contribution is 7.20. The lowest BCUT2D eigenvalue weighted by molar-refractivity contribution is 0.0478. The van der Waals surface area contributed by atoms with Crippen molar-refractivity contribution in [1.29, 1.82) is 0 Å². The van der Waals surface area contributed by atoms with Crippen LogP contribution in [0.1, 0.15) is 26.4 Å². The Bertz CT molecular complexity index is 1230. The molecule has 5 nitrogen and oxygen atoms in total. The van der Waals surface area contributed by atoms with Gasteiger partial charge < -0.3 is 9.72 Å². The number of hydrogen-bond acceptors (Lipinski definition) is 5. The first-order valence-corrected chi connectivity index (χ1v) is 9.66. The van der Waals surface area contributed by atoms with E-state index < -0.39 is 5.97 Å². The number of nitrogens with zero attached hydrogens (tertiary/aromatic N) is 1. The SMILES string of the molecule is Cc1ccccc1-c1nc2sc(C(=O)OCc3ccccc3)c(C)c2c(=O)[nH]1. The molecule has 0 atom stereocenters. The highest BCUT2D eigenvalue weighted by Crippen LogP contribution is 2.29. The van der Waals surface area contributed by atoms with Crippen LogP contribution in [-0.2, 0) is 11.3 Å². The maximum Gasteiger partial charge on any atom is 0.349 e. The summed E-state index contributed by atoms with van der Waals surface area (Å²) in [6, 6.07) is 17.2. The van der Waals surface area contributed by atoms with Crippen molar-refractivity contribution in [3.63, 3.8) is 0 Å². The van der Waals surface area contributed by atoms with Crippen LogP contribution in [0.25, 0.3) is 21.6 Å². The van der Waals surface area contributed by atoms with Gasteiger partial charge in [-0.15, -0.1) is 11.3 Å². The van der Waals surface area contributed by atoms with Gasteiger partial charge >= 0.3 is 5.97 Å². The Morgan fingerprint density at radius 3 is 2.54 bits per heavy atom. The number of rotatable bonds is 4. The van der Waals surface area contributed by atoms with Gasteiger partial charge in [0, 0.05) is 5.56 Å². The average molecular weight is 390 g/mol. The molecule has 0 saturated carbocycles. The van der Waals surface area contributed by atoms with Gasteiger partial charge in [-0.05, 0) is 30.5 Å². The van der Waals surface area contributed by atoms with Crippen LogP contribution in [0.4, 0.5) is 0 Å². The molecule has 0 bridgehead atoms. The molecule has 140 valence electrons. The number of benzene rings is 2. The van der Waals surface area contributed by atoms with Gasteiger partial charge in [0.25, 0.3) is 5.56 Å². The molecule has 0 spiro atoms. The van der Waals surface area contributed by atoms with Crippen molar-refractivity contribution < 1.29 is 9.53 Å². The molecule has 0 amide bonds. The minimum atomic E-state index is -0.443. The van der Waals surface area contributed by atoms with Gasteiger partial charge in [0.2, 0.25) is 0 Å². The lowest BCUT2D eigenvalue weighted by Gasteiger charge is -2.04. The van der Waals surface area contributed by atoms with Gasteiger partial charge in [0.1, 0.15) is 22.1 Å². The molecule has 0 aliphatic carbocycles. The molecular weight excluding hydrogens is 372 g/mol. The molecule has 1 N–H and O–H groups in total. The molecule has 0 fully saturated rings. The van der Waals surface area contributed by atoms with Crippen LogP contribution >= 0.6 is 11.3 Å². The predicted molar refractivity (Wildman–Crippen MR) is 111 cm³/mol. The second-order valence-electron chi connectivity index (χ2n) is 6.53. The second kappa shape index (κ2) is 7.40. The molecule has 28 heavy (non-hydrogen) atoms. The number of ether oxygens (including phenoxy) is 1. The van der Waals surface area contributed by atoms with Gasteiger partial charge in [0.15, 0.2) is 0 Å². The van der Waals surface area contributed by atoms with Crippen LogP contribution in [0, 0.1) is 13.8 Å². The fraction of sp³-hybridized carbons (Fsp3) is 0.136. The van der Waals surface area contributed by atoms with Crippen molar-refractivity contribution in [1.82, 2.24) is 9.97 Å². The molecule has 0 unspecified atom stereocenters. The summed E-state index contributed by atoms with van der Waals surface area (Å²) < 4.78 is 5.43. The van der Waals surface area contributed by atoms with Crippen molar-refractivity contribution in [2.45, 2.75) is 20.5 Å². The van der Waals surface area contributed by atoms with E-state index in [-0.39, 0.29) is 12.2 Å². The summed E-state index contributed by atoms with van der Waals surface area (Å²) in [5.74, 6) is 0.0576. The fourth-order valence-electron chi connectivity index (χ4n) is 3.09. The third-order valence-corrected chi connectivity index (χ3v) is 5.76. The molecule has 2 heterocycles. The average Bonchev–Trinajstić information content (AvgIpc) is 3.04. The molecule has 2 aromatic carbocycles. The zero-order valence-electron chi connectivity index (χ0n) is 15.5. The monoisotopic (exact) mass is 390 g/mol. The largest absolute Gasteiger partial charge is 0.457 e. The van der Waals surface area contributed by atoms with E-state index in [9.17, 15) is 9.59 Å². The number of nitrogens with one attached hydrogen (secondary N) is 1. The first kappa shape index (κ1) is 18.1. The summed E-state index contributed by atoms with van der Waals surface area (Å²) in [4.78, 5) is 33.6. The molecule has 0 radical (unpaired) electrons. The summed E-state index contributed by atoms with van der Waals surface area (Å²) in [5.41, 5.74) is 3.14. The third-order valence-electron chi connectivity index (χ3n) is 4.60. The lowest BCUT2D eigenvalue weighted by atomic mass is 10.1. The van der Waals surface area contributed by atoms with Crippen LogP contribution in [0.5, 0.6) is 0 Å². The minimum Gasteiger partial charge on any atom is -0.457 e. The van der Waals surface area contributed by atoms with Crippen LogP contribution in [0.2, 0.25) is 0 Å². The van der Waals surface area contributed by atoms with E-state index >= 15 is 0 Å². The van der Waals surface area contributed by atoms with Gasteiger partial charge in [-0.25, -0.2) is 9.78 Å². The standard InChI is InChI=1S/C22H18N2O3S/c1-13-8-6-7-11-16(13)19-23-20(25)17-14(2)18(28-21(17)24-19)22(26)27-12-15-9-4-3-5-10-15/h3-11H,12H2,1-2H3,(H,23,24,25). The first-order chi connectivity index (χ1) is 13.5. The topological polar surface area (TPSA) is 72.0 Å². The highest BCUT2D eigenvalue weighted by atomic mass is 32.1. The van der Waals surface area contributed by atoms with Crippen LogP contribution in [-0.4, -0.2) is 15.9 Å². The van der Waals surface area contributed by atoms with Crippen molar-refractivity contribution in [3.8, 4) is 11.4 Å². The van der Waals surface area contributed by atoms with Crippen molar-refractivity contribution in [2.24, 2.45) is 0 Å². The number of aromatic amines is 1. The zero-order valence-corrected chi connectivity index (χ0v) is 16.3. The maximum absolute atomic E-state index is 12.7. The zero-order chi connectivity index (χ0) is 19.7. The number of aryl methyl sites for hydroxylation is 2. The molecule has 0 aliphatic heterocycles. The molecule has 2 aromatic heterocycles. The second-order valence-corrected chi connectivity index (χ2v) is 7.53. The van der Waals surface area contributed by atoms with E-state index in [1.165, 1.54) is 11.3 Å². The Labute approximate surface area is 165 Å². The smallest absolute Gasteiger partial charge is 0.349 e. The van der Waals surface area contributed by atoms with E-state index in [4.69, 9.17) is 4.74 Å². The number of aromatic nitrogens is 2. The summed E-state index contributed by atoms with van der Waals surface area (Å²) in [6.45, 7) is 3.90. The summed E-state index contributed by atoms with van der Waals surface area (Å²) >= 11 is 1.19. The number of fused-ring (bicyclic) bond motifs is 1. The van der Waals surface area contributed by atoms with Gasteiger partial charge in [-0.1, -0.05) is 54.6 Å². The van der Waals surface area contributed by atoms with E-state index in [1.54, 1.807) is 6.92 Å². The molecule has 0 saturated heterocycles. The number of H-pyrrole nitrogens is 1. The van der Waals surface area contributed by atoms with Gasteiger partial charge in [-0.3, -0.25) is 4.79 Å². The normalized spacial score (nSPS) is 10.9. The van der Waals surface area contributed by atoms with Crippen molar-refractivity contribution in [3.05, 3.63) is 86.5 Å². The third kappa shape index (κ3) is 3.34. The maximum atomic E-state index is 12.7. The quantitative estimate of drug-likeness (QED) is 0.516. The summed E-state index contributed by atoms with van der Waals surface area (Å²) in [7, 11) is 0.